The van der Waals surface area contributed by atoms with E-state index < -0.39 is 0 Å². The van der Waals surface area contributed by atoms with Crippen molar-refractivity contribution in [2.75, 3.05) is 26.3 Å². The van der Waals surface area contributed by atoms with Crippen LogP contribution in [0.5, 0.6) is 0 Å². The average molecular weight is 143 g/mol. The first-order valence-electron chi connectivity index (χ1n) is 3.83. The molecular weight excluding hydrogens is 130 g/mol. The van der Waals surface area contributed by atoms with Crippen molar-refractivity contribution in [2.45, 2.75) is 12.0 Å². The summed E-state index contributed by atoms with van der Waals surface area (Å²) in [5, 5.41) is 12.3. The Hall–Kier alpha value is -0.120. The lowest BCUT2D eigenvalue weighted by Crippen LogP contribution is -2.39. The topological polar surface area (TPSA) is 41.5 Å². The molecule has 2 N–H and O–H groups in total. The van der Waals surface area contributed by atoms with Gasteiger partial charge in [0.25, 0.3) is 0 Å². The van der Waals surface area contributed by atoms with Crippen molar-refractivity contribution in [2.24, 2.45) is 5.92 Å². The second kappa shape index (κ2) is 2.19. The SMILES string of the molecule is OC[C@]12CNC[C@H]1CCO2. The van der Waals surface area contributed by atoms with Crippen LogP contribution in [0.4, 0.5) is 0 Å². The molecule has 2 heterocycles. The largest absolute Gasteiger partial charge is 0.393 e. The zero-order chi connectivity index (χ0) is 7.03. The molecule has 0 aromatic carbocycles. The molecule has 0 bridgehead atoms. The summed E-state index contributed by atoms with van der Waals surface area (Å²) in [6.45, 7) is 2.84. The van der Waals surface area contributed by atoms with Gasteiger partial charge in [-0.15, -0.1) is 0 Å². The number of ether oxygens (including phenoxy) is 1. The van der Waals surface area contributed by atoms with Gasteiger partial charge < -0.3 is 15.2 Å². The molecule has 0 aromatic rings. The molecule has 2 rings (SSSR count). The van der Waals surface area contributed by atoms with Gasteiger partial charge in [-0.25, -0.2) is 0 Å². The summed E-state index contributed by atoms with van der Waals surface area (Å²) >= 11 is 0. The molecule has 58 valence electrons. The van der Waals surface area contributed by atoms with Gasteiger partial charge in [0.05, 0.1) is 6.61 Å². The number of nitrogens with one attached hydrogen (secondary N) is 1. The molecule has 0 amide bonds. The summed E-state index contributed by atoms with van der Waals surface area (Å²) in [6, 6.07) is 0. The van der Waals surface area contributed by atoms with Crippen LogP contribution in [0.2, 0.25) is 0 Å². The number of aliphatic hydroxyl groups is 1. The maximum atomic E-state index is 9.06. The van der Waals surface area contributed by atoms with E-state index in [0.717, 1.165) is 26.1 Å². The van der Waals surface area contributed by atoms with E-state index in [1.807, 2.05) is 0 Å². The molecule has 2 aliphatic rings. The second-order valence-electron chi connectivity index (χ2n) is 3.19. The van der Waals surface area contributed by atoms with Crippen LogP contribution in [0.15, 0.2) is 0 Å². The quantitative estimate of drug-likeness (QED) is 0.513. The van der Waals surface area contributed by atoms with E-state index in [1.54, 1.807) is 0 Å². The molecule has 0 saturated carbocycles. The average Bonchev–Trinajstić information content (AvgIpc) is 2.42. The lowest BCUT2D eigenvalue weighted by Gasteiger charge is -2.24. The van der Waals surface area contributed by atoms with Gasteiger partial charge >= 0.3 is 0 Å². The molecule has 2 saturated heterocycles. The molecule has 0 aliphatic carbocycles. The van der Waals surface area contributed by atoms with Crippen LogP contribution in [0.3, 0.4) is 0 Å². The third kappa shape index (κ3) is 0.713. The summed E-state index contributed by atoms with van der Waals surface area (Å²) in [6.07, 6.45) is 1.10. The van der Waals surface area contributed by atoms with E-state index in [-0.39, 0.29) is 12.2 Å². The van der Waals surface area contributed by atoms with Gasteiger partial charge in [0.15, 0.2) is 0 Å². The van der Waals surface area contributed by atoms with Gasteiger partial charge in [-0.05, 0) is 6.42 Å². The molecule has 3 heteroatoms. The summed E-state index contributed by atoms with van der Waals surface area (Å²) in [4.78, 5) is 0. The molecule has 2 atom stereocenters. The fourth-order valence-electron chi connectivity index (χ4n) is 1.96. The fraction of sp³-hybridized carbons (Fsp3) is 1.00. The minimum absolute atomic E-state index is 0.171. The van der Waals surface area contributed by atoms with Gasteiger partial charge in [-0.2, -0.15) is 0 Å². The number of hydrogen-bond acceptors (Lipinski definition) is 3. The van der Waals surface area contributed by atoms with Crippen molar-refractivity contribution in [3.05, 3.63) is 0 Å². The number of fused-ring (bicyclic) bond motifs is 1. The van der Waals surface area contributed by atoms with E-state index in [9.17, 15) is 0 Å². The molecule has 2 fully saturated rings. The minimum atomic E-state index is -0.208. The predicted octanol–water partition coefficient (Wildman–Crippen LogP) is -0.643. The van der Waals surface area contributed by atoms with Crippen LogP contribution in [-0.4, -0.2) is 37.0 Å². The lowest BCUT2D eigenvalue weighted by molar-refractivity contribution is -0.0392. The maximum absolute atomic E-state index is 9.06. The molecule has 0 aromatic heterocycles. The second-order valence-corrected chi connectivity index (χ2v) is 3.19. The third-order valence-corrected chi connectivity index (χ3v) is 2.68. The highest BCUT2D eigenvalue weighted by atomic mass is 16.5. The third-order valence-electron chi connectivity index (χ3n) is 2.68. The van der Waals surface area contributed by atoms with Crippen LogP contribution in [0, 0.1) is 5.92 Å². The molecule has 10 heavy (non-hydrogen) atoms. The Labute approximate surface area is 60.4 Å². The Bertz CT molecular complexity index is 128. The summed E-state index contributed by atoms with van der Waals surface area (Å²) in [7, 11) is 0. The Morgan fingerprint density at radius 2 is 2.60 bits per heavy atom. The minimum Gasteiger partial charge on any atom is -0.393 e. The highest BCUT2D eigenvalue weighted by Gasteiger charge is 2.47. The highest BCUT2D eigenvalue weighted by molar-refractivity contribution is 5.00. The smallest absolute Gasteiger partial charge is 0.108 e. The molecular formula is C7H13NO2. The Kier molecular flexibility index (Phi) is 1.44. The maximum Gasteiger partial charge on any atom is 0.108 e. The molecule has 0 spiro atoms. The van der Waals surface area contributed by atoms with Crippen LogP contribution < -0.4 is 5.32 Å². The van der Waals surface area contributed by atoms with E-state index in [0.29, 0.717) is 5.92 Å². The Morgan fingerprint density at radius 3 is 3.30 bits per heavy atom. The summed E-state index contributed by atoms with van der Waals surface area (Å²) in [5.41, 5.74) is -0.208. The Balaban J connectivity index is 2.15. The number of rotatable bonds is 1. The molecule has 0 radical (unpaired) electrons. The molecule has 2 aliphatic heterocycles. The van der Waals surface area contributed by atoms with Crippen molar-refractivity contribution in [1.29, 1.82) is 0 Å². The van der Waals surface area contributed by atoms with Gasteiger partial charge in [0.2, 0.25) is 0 Å². The van der Waals surface area contributed by atoms with Gasteiger partial charge in [-0.3, -0.25) is 0 Å². The van der Waals surface area contributed by atoms with Crippen molar-refractivity contribution in [3.63, 3.8) is 0 Å². The summed E-state index contributed by atoms with van der Waals surface area (Å²) in [5.74, 6) is 0.553. The van der Waals surface area contributed by atoms with E-state index in [1.165, 1.54) is 0 Å². The first-order chi connectivity index (χ1) is 4.87. The van der Waals surface area contributed by atoms with E-state index in [4.69, 9.17) is 9.84 Å². The number of hydrogen-bond donors (Lipinski definition) is 2. The van der Waals surface area contributed by atoms with Crippen molar-refractivity contribution in [3.8, 4) is 0 Å². The first-order valence-corrected chi connectivity index (χ1v) is 3.83. The van der Waals surface area contributed by atoms with E-state index in [2.05, 4.69) is 5.32 Å². The van der Waals surface area contributed by atoms with Crippen LogP contribution in [0.1, 0.15) is 6.42 Å². The van der Waals surface area contributed by atoms with Crippen molar-refractivity contribution in [1.82, 2.24) is 5.32 Å². The van der Waals surface area contributed by atoms with Crippen LogP contribution in [0.25, 0.3) is 0 Å². The van der Waals surface area contributed by atoms with Gasteiger partial charge in [0.1, 0.15) is 5.60 Å². The highest BCUT2D eigenvalue weighted by Crippen LogP contribution is 2.34. The zero-order valence-electron chi connectivity index (χ0n) is 5.97. The predicted molar refractivity (Wildman–Crippen MR) is 36.7 cm³/mol. The van der Waals surface area contributed by atoms with E-state index >= 15 is 0 Å². The normalized spacial score (nSPS) is 45.9. The van der Waals surface area contributed by atoms with Crippen molar-refractivity contribution >= 4 is 0 Å². The molecule has 3 nitrogen and oxygen atoms in total. The zero-order valence-corrected chi connectivity index (χ0v) is 5.97. The van der Waals surface area contributed by atoms with Gasteiger partial charge in [-0.1, -0.05) is 0 Å². The summed E-state index contributed by atoms with van der Waals surface area (Å²) < 4.78 is 5.50. The monoisotopic (exact) mass is 143 g/mol. The lowest BCUT2D eigenvalue weighted by atomic mass is 9.92. The number of aliphatic hydroxyl groups excluding tert-OH is 1. The Morgan fingerprint density at radius 1 is 1.70 bits per heavy atom. The van der Waals surface area contributed by atoms with Crippen molar-refractivity contribution < 1.29 is 9.84 Å². The van der Waals surface area contributed by atoms with Gasteiger partial charge in [0, 0.05) is 25.6 Å². The fourth-order valence-corrected chi connectivity index (χ4v) is 1.96. The molecule has 0 unspecified atom stereocenters. The standard InChI is InChI=1S/C7H13NO2/c9-5-7-4-8-3-6(7)1-2-10-7/h6,8-9H,1-5H2/t6-,7-/m1/s1. The van der Waals surface area contributed by atoms with Crippen LogP contribution >= 0.6 is 0 Å². The first kappa shape index (κ1) is 6.58. The van der Waals surface area contributed by atoms with Crippen LogP contribution in [-0.2, 0) is 4.74 Å².